The molecule has 0 bridgehead atoms. The van der Waals surface area contributed by atoms with E-state index in [9.17, 15) is 0 Å². The Morgan fingerprint density at radius 1 is 1.67 bits per heavy atom. The first-order valence-corrected chi connectivity index (χ1v) is 2.59. The van der Waals surface area contributed by atoms with E-state index in [2.05, 4.69) is 0 Å². The molecule has 1 rings (SSSR count). The Kier molecular flexibility index (Phi) is 1.16. The highest BCUT2D eigenvalue weighted by Crippen LogP contribution is 2.00. The molecule has 0 aliphatic carbocycles. The van der Waals surface area contributed by atoms with Crippen molar-refractivity contribution in [2.75, 3.05) is 5.84 Å². The largest absolute Gasteiger partial charge is 0.338 e. The maximum Gasteiger partial charge on any atom is 0.139 e. The van der Waals surface area contributed by atoms with Crippen LogP contribution in [0.4, 0.5) is 0 Å². The lowest BCUT2D eigenvalue weighted by atomic mass is 10.5. The van der Waals surface area contributed by atoms with Crippen molar-refractivity contribution in [3.63, 3.8) is 0 Å². The molecule has 0 saturated carbocycles. The van der Waals surface area contributed by atoms with E-state index in [1.54, 1.807) is 12.1 Å². The van der Waals surface area contributed by atoms with Gasteiger partial charge >= 0.3 is 0 Å². The molecule has 9 heavy (non-hydrogen) atoms. The number of hydrogen-bond acceptors (Lipinski definition) is 2. The Hall–Kier alpha value is -1.43. The first-order valence-electron chi connectivity index (χ1n) is 2.59. The zero-order valence-corrected chi connectivity index (χ0v) is 5.13. The number of nitrogens with two attached hydrogens (primary N) is 1. The van der Waals surface area contributed by atoms with Crippen molar-refractivity contribution in [3.8, 4) is 6.07 Å². The average Bonchev–Trinajstić information content (AvgIpc) is 2.15. The Labute approximate surface area is 53.3 Å². The number of hydrogen-bond donors (Lipinski definition) is 1. The average molecular weight is 121 g/mol. The topological polar surface area (TPSA) is 54.7 Å². The van der Waals surface area contributed by atoms with Crippen molar-refractivity contribution >= 4 is 0 Å². The molecule has 1 heterocycles. The smallest absolute Gasteiger partial charge is 0.139 e. The van der Waals surface area contributed by atoms with E-state index >= 15 is 0 Å². The second kappa shape index (κ2) is 1.82. The molecule has 3 nitrogen and oxygen atoms in total. The van der Waals surface area contributed by atoms with Crippen LogP contribution in [0, 0.1) is 18.3 Å². The summed E-state index contributed by atoms with van der Waals surface area (Å²) in [5, 5.41) is 8.38. The minimum absolute atomic E-state index is 0.493. The maximum absolute atomic E-state index is 8.38. The van der Waals surface area contributed by atoms with E-state index < -0.39 is 0 Å². The van der Waals surface area contributed by atoms with E-state index in [1.807, 2.05) is 13.0 Å². The summed E-state index contributed by atoms with van der Waals surface area (Å²) < 4.78 is 1.36. The molecular formula is C6H7N3. The Balaban J connectivity index is 3.24. The van der Waals surface area contributed by atoms with Gasteiger partial charge in [-0.3, -0.25) is 4.68 Å². The monoisotopic (exact) mass is 121 g/mol. The SMILES string of the molecule is Cc1ccc(C#N)n1N. The normalized spacial score (nSPS) is 8.89. The van der Waals surface area contributed by atoms with Gasteiger partial charge in [-0.15, -0.1) is 0 Å². The van der Waals surface area contributed by atoms with Crippen molar-refractivity contribution in [3.05, 3.63) is 23.5 Å². The predicted octanol–water partition coefficient (Wildman–Crippen LogP) is 0.382. The van der Waals surface area contributed by atoms with E-state index in [-0.39, 0.29) is 0 Å². The molecule has 0 saturated heterocycles. The lowest BCUT2D eigenvalue weighted by Crippen LogP contribution is -2.11. The van der Waals surface area contributed by atoms with Crippen LogP contribution in [0.3, 0.4) is 0 Å². The molecule has 2 N–H and O–H groups in total. The molecule has 0 unspecified atom stereocenters. The van der Waals surface area contributed by atoms with Crippen LogP contribution in [0.15, 0.2) is 12.1 Å². The van der Waals surface area contributed by atoms with Crippen molar-refractivity contribution in [2.24, 2.45) is 0 Å². The minimum atomic E-state index is 0.493. The summed E-state index contributed by atoms with van der Waals surface area (Å²) >= 11 is 0. The molecule has 0 spiro atoms. The molecule has 0 fully saturated rings. The predicted molar refractivity (Wildman–Crippen MR) is 34.0 cm³/mol. The van der Waals surface area contributed by atoms with Gasteiger partial charge in [-0.05, 0) is 19.1 Å². The van der Waals surface area contributed by atoms with Crippen molar-refractivity contribution in [2.45, 2.75) is 6.92 Å². The van der Waals surface area contributed by atoms with Crippen molar-refractivity contribution in [1.29, 1.82) is 5.26 Å². The molecule has 0 atom stereocenters. The van der Waals surface area contributed by atoms with Crippen LogP contribution in [0.5, 0.6) is 0 Å². The quantitative estimate of drug-likeness (QED) is 0.504. The van der Waals surface area contributed by atoms with Crippen LogP contribution in [0.2, 0.25) is 0 Å². The third-order valence-electron chi connectivity index (χ3n) is 1.24. The van der Waals surface area contributed by atoms with Crippen molar-refractivity contribution in [1.82, 2.24) is 4.68 Å². The van der Waals surface area contributed by atoms with E-state index in [0.29, 0.717) is 5.69 Å². The molecule has 0 amide bonds. The van der Waals surface area contributed by atoms with Gasteiger partial charge in [0.25, 0.3) is 0 Å². The van der Waals surface area contributed by atoms with Gasteiger partial charge in [0.2, 0.25) is 0 Å². The highest BCUT2D eigenvalue weighted by atomic mass is 15.3. The number of nitrogens with zero attached hydrogens (tertiary/aromatic N) is 2. The molecular weight excluding hydrogens is 114 g/mol. The van der Waals surface area contributed by atoms with Gasteiger partial charge in [0.15, 0.2) is 0 Å². The highest BCUT2D eigenvalue weighted by molar-refractivity contribution is 5.26. The lowest BCUT2D eigenvalue weighted by molar-refractivity contribution is 0.942. The number of aromatic nitrogens is 1. The maximum atomic E-state index is 8.38. The van der Waals surface area contributed by atoms with Crippen molar-refractivity contribution < 1.29 is 0 Å². The summed E-state index contributed by atoms with van der Waals surface area (Å²) in [6.45, 7) is 1.85. The number of aryl methyl sites for hydroxylation is 1. The molecule has 1 aromatic rings. The van der Waals surface area contributed by atoms with E-state index in [1.165, 1.54) is 4.68 Å². The van der Waals surface area contributed by atoms with Gasteiger partial charge in [-0.25, -0.2) is 0 Å². The minimum Gasteiger partial charge on any atom is -0.338 e. The van der Waals surface area contributed by atoms with Gasteiger partial charge < -0.3 is 5.84 Å². The van der Waals surface area contributed by atoms with Gasteiger partial charge in [-0.1, -0.05) is 0 Å². The summed E-state index contributed by atoms with van der Waals surface area (Å²) in [5.74, 6) is 5.41. The van der Waals surface area contributed by atoms with Crippen LogP contribution >= 0.6 is 0 Å². The number of nitriles is 1. The molecule has 3 heteroatoms. The van der Waals surface area contributed by atoms with Gasteiger partial charge in [0.1, 0.15) is 11.8 Å². The zero-order valence-electron chi connectivity index (χ0n) is 5.13. The van der Waals surface area contributed by atoms with Crippen LogP contribution in [0.25, 0.3) is 0 Å². The van der Waals surface area contributed by atoms with Crippen LogP contribution < -0.4 is 5.84 Å². The van der Waals surface area contributed by atoms with Crippen LogP contribution in [0.1, 0.15) is 11.4 Å². The Bertz CT molecular complexity index is 254. The first-order chi connectivity index (χ1) is 4.25. The van der Waals surface area contributed by atoms with E-state index in [4.69, 9.17) is 11.1 Å². The highest BCUT2D eigenvalue weighted by Gasteiger charge is 1.97. The second-order valence-electron chi connectivity index (χ2n) is 1.84. The van der Waals surface area contributed by atoms with Crippen LogP contribution in [-0.2, 0) is 0 Å². The fourth-order valence-corrected chi connectivity index (χ4v) is 0.641. The van der Waals surface area contributed by atoms with Gasteiger partial charge in [0, 0.05) is 5.69 Å². The Morgan fingerprint density at radius 2 is 2.33 bits per heavy atom. The molecule has 0 aliphatic heterocycles. The third kappa shape index (κ3) is 0.745. The Morgan fingerprint density at radius 3 is 2.56 bits per heavy atom. The van der Waals surface area contributed by atoms with E-state index in [0.717, 1.165) is 5.69 Å². The molecule has 0 aliphatic rings. The standard InChI is InChI=1S/C6H7N3/c1-5-2-3-6(4-7)9(5)8/h2-3H,8H2,1H3. The summed E-state index contributed by atoms with van der Waals surface area (Å²) in [6, 6.07) is 5.45. The molecule has 1 aromatic heterocycles. The summed E-state index contributed by atoms with van der Waals surface area (Å²) in [7, 11) is 0. The number of nitrogen functional groups attached to an aromatic ring is 1. The summed E-state index contributed by atoms with van der Waals surface area (Å²) in [4.78, 5) is 0. The van der Waals surface area contributed by atoms with Gasteiger partial charge in [-0.2, -0.15) is 5.26 Å². The summed E-state index contributed by atoms with van der Waals surface area (Å²) in [6.07, 6.45) is 0. The molecule has 46 valence electrons. The zero-order chi connectivity index (χ0) is 6.85. The molecule has 0 radical (unpaired) electrons. The first kappa shape index (κ1) is 5.70. The lowest BCUT2D eigenvalue weighted by Gasteiger charge is -1.94. The third-order valence-corrected chi connectivity index (χ3v) is 1.24. The fraction of sp³-hybridized carbons (Fsp3) is 0.167. The van der Waals surface area contributed by atoms with Crippen LogP contribution in [-0.4, -0.2) is 4.68 Å². The second-order valence-corrected chi connectivity index (χ2v) is 1.84. The van der Waals surface area contributed by atoms with Gasteiger partial charge in [0.05, 0.1) is 0 Å². The fourth-order valence-electron chi connectivity index (χ4n) is 0.641. The number of rotatable bonds is 0. The summed E-state index contributed by atoms with van der Waals surface area (Å²) in [5.41, 5.74) is 1.39. The molecule has 0 aromatic carbocycles.